The molecule has 4 nitrogen and oxygen atoms in total. The maximum atomic E-state index is 5.43. The van der Waals surface area contributed by atoms with Crippen molar-refractivity contribution in [3.8, 4) is 11.1 Å². The van der Waals surface area contributed by atoms with Gasteiger partial charge in [-0.2, -0.15) is 0 Å². The highest BCUT2D eigenvalue weighted by molar-refractivity contribution is 7.18. The Morgan fingerprint density at radius 1 is 1.05 bits per heavy atom. The molecular formula is C16H15N3OS. The van der Waals surface area contributed by atoms with E-state index in [9.17, 15) is 0 Å². The van der Waals surface area contributed by atoms with Gasteiger partial charge in [0, 0.05) is 24.0 Å². The molecule has 5 heteroatoms. The molecule has 0 amide bonds. The molecule has 1 saturated heterocycles. The van der Waals surface area contributed by atoms with Crippen LogP contribution in [0.4, 0.5) is 5.82 Å². The molecule has 1 aliphatic rings. The second-order valence-electron chi connectivity index (χ2n) is 4.99. The quantitative estimate of drug-likeness (QED) is 0.728. The van der Waals surface area contributed by atoms with Crippen molar-refractivity contribution in [1.29, 1.82) is 0 Å². The number of anilines is 1. The molecule has 1 aromatic carbocycles. The van der Waals surface area contributed by atoms with Gasteiger partial charge in [0.1, 0.15) is 12.1 Å². The monoisotopic (exact) mass is 297 g/mol. The number of hydrogen-bond acceptors (Lipinski definition) is 5. The molecule has 2 aromatic heterocycles. The molecule has 3 heterocycles. The third-order valence-corrected chi connectivity index (χ3v) is 4.70. The molecule has 21 heavy (non-hydrogen) atoms. The molecule has 0 bridgehead atoms. The predicted octanol–water partition coefficient (Wildman–Crippen LogP) is 3.19. The number of benzene rings is 1. The number of thiophene rings is 1. The van der Waals surface area contributed by atoms with Crippen LogP contribution in [0.25, 0.3) is 21.3 Å². The number of ether oxygens (including phenoxy) is 1. The summed E-state index contributed by atoms with van der Waals surface area (Å²) in [4.78, 5) is 11.3. The first kappa shape index (κ1) is 12.7. The Kier molecular flexibility index (Phi) is 3.29. The first-order valence-corrected chi connectivity index (χ1v) is 7.92. The van der Waals surface area contributed by atoms with Crippen molar-refractivity contribution < 1.29 is 4.74 Å². The molecule has 0 saturated carbocycles. The summed E-state index contributed by atoms with van der Waals surface area (Å²) >= 11 is 1.72. The molecule has 0 spiro atoms. The van der Waals surface area contributed by atoms with Crippen molar-refractivity contribution in [2.75, 3.05) is 31.2 Å². The SMILES string of the molecule is c1ccc(-c2csc3c(N4CCOCC4)ncnc23)cc1. The van der Waals surface area contributed by atoms with Gasteiger partial charge in [0.05, 0.1) is 23.4 Å². The topological polar surface area (TPSA) is 38.2 Å². The first-order chi connectivity index (χ1) is 10.4. The zero-order valence-corrected chi connectivity index (χ0v) is 12.3. The van der Waals surface area contributed by atoms with Crippen LogP contribution in [0.1, 0.15) is 0 Å². The van der Waals surface area contributed by atoms with Crippen LogP contribution in [0.3, 0.4) is 0 Å². The van der Waals surface area contributed by atoms with Crippen LogP contribution in [0, 0.1) is 0 Å². The minimum Gasteiger partial charge on any atom is -0.378 e. The average molecular weight is 297 g/mol. The van der Waals surface area contributed by atoms with E-state index in [1.165, 1.54) is 15.8 Å². The minimum atomic E-state index is 0.766. The summed E-state index contributed by atoms with van der Waals surface area (Å²) in [6.45, 7) is 3.32. The second-order valence-corrected chi connectivity index (χ2v) is 5.87. The molecule has 0 unspecified atom stereocenters. The fourth-order valence-corrected chi connectivity index (χ4v) is 3.71. The summed E-state index contributed by atoms with van der Waals surface area (Å²) < 4.78 is 6.59. The highest BCUT2D eigenvalue weighted by Gasteiger charge is 2.18. The molecule has 0 radical (unpaired) electrons. The Balaban J connectivity index is 1.83. The van der Waals surface area contributed by atoms with E-state index >= 15 is 0 Å². The zero-order chi connectivity index (χ0) is 14.1. The van der Waals surface area contributed by atoms with Crippen molar-refractivity contribution >= 4 is 27.4 Å². The van der Waals surface area contributed by atoms with Crippen LogP contribution in [0.2, 0.25) is 0 Å². The lowest BCUT2D eigenvalue weighted by molar-refractivity contribution is 0.122. The number of aromatic nitrogens is 2. The van der Waals surface area contributed by atoms with Crippen LogP contribution in [0.15, 0.2) is 42.0 Å². The van der Waals surface area contributed by atoms with E-state index in [2.05, 4.69) is 44.5 Å². The van der Waals surface area contributed by atoms with E-state index in [-0.39, 0.29) is 0 Å². The summed E-state index contributed by atoms with van der Waals surface area (Å²) in [5, 5.41) is 2.18. The largest absolute Gasteiger partial charge is 0.378 e. The van der Waals surface area contributed by atoms with Crippen LogP contribution >= 0.6 is 11.3 Å². The van der Waals surface area contributed by atoms with E-state index in [1.807, 2.05) is 6.07 Å². The lowest BCUT2D eigenvalue weighted by Crippen LogP contribution is -2.36. The lowest BCUT2D eigenvalue weighted by Gasteiger charge is -2.27. The summed E-state index contributed by atoms with van der Waals surface area (Å²) in [6, 6.07) is 10.4. The maximum Gasteiger partial charge on any atom is 0.150 e. The number of hydrogen-bond donors (Lipinski definition) is 0. The highest BCUT2D eigenvalue weighted by Crippen LogP contribution is 2.36. The molecular weight excluding hydrogens is 282 g/mol. The Morgan fingerprint density at radius 3 is 2.67 bits per heavy atom. The van der Waals surface area contributed by atoms with Crippen molar-refractivity contribution in [2.24, 2.45) is 0 Å². The van der Waals surface area contributed by atoms with Gasteiger partial charge < -0.3 is 9.64 Å². The van der Waals surface area contributed by atoms with Crippen LogP contribution < -0.4 is 4.90 Å². The van der Waals surface area contributed by atoms with Crippen molar-refractivity contribution in [3.05, 3.63) is 42.0 Å². The Bertz CT molecular complexity index is 751. The molecule has 3 aromatic rings. The van der Waals surface area contributed by atoms with Gasteiger partial charge in [0.15, 0.2) is 0 Å². The Morgan fingerprint density at radius 2 is 1.86 bits per heavy atom. The van der Waals surface area contributed by atoms with Gasteiger partial charge >= 0.3 is 0 Å². The smallest absolute Gasteiger partial charge is 0.150 e. The summed E-state index contributed by atoms with van der Waals surface area (Å²) in [6.07, 6.45) is 1.67. The normalized spacial score (nSPS) is 15.5. The van der Waals surface area contributed by atoms with Crippen LogP contribution in [-0.2, 0) is 4.74 Å². The molecule has 0 N–H and O–H groups in total. The van der Waals surface area contributed by atoms with E-state index in [0.717, 1.165) is 37.6 Å². The predicted molar refractivity (Wildman–Crippen MR) is 85.9 cm³/mol. The molecule has 1 fully saturated rings. The third-order valence-electron chi connectivity index (χ3n) is 3.73. The van der Waals surface area contributed by atoms with Crippen molar-refractivity contribution in [3.63, 3.8) is 0 Å². The van der Waals surface area contributed by atoms with Crippen LogP contribution in [-0.4, -0.2) is 36.3 Å². The number of nitrogens with zero attached hydrogens (tertiary/aromatic N) is 3. The number of rotatable bonds is 2. The van der Waals surface area contributed by atoms with Crippen molar-refractivity contribution in [2.45, 2.75) is 0 Å². The molecule has 1 aliphatic heterocycles. The number of morpholine rings is 1. The molecule has 106 valence electrons. The first-order valence-electron chi connectivity index (χ1n) is 7.04. The Labute approximate surface area is 127 Å². The van der Waals surface area contributed by atoms with Gasteiger partial charge in [-0.05, 0) is 5.56 Å². The minimum absolute atomic E-state index is 0.766. The lowest BCUT2D eigenvalue weighted by atomic mass is 10.1. The second kappa shape index (κ2) is 5.42. The summed E-state index contributed by atoms with van der Waals surface area (Å²) in [5.74, 6) is 1.04. The fraction of sp³-hybridized carbons (Fsp3) is 0.250. The summed E-state index contributed by atoms with van der Waals surface area (Å²) in [7, 11) is 0. The zero-order valence-electron chi connectivity index (χ0n) is 11.5. The average Bonchev–Trinajstić information content (AvgIpc) is 3.00. The highest BCUT2D eigenvalue weighted by atomic mass is 32.1. The maximum absolute atomic E-state index is 5.43. The van der Waals surface area contributed by atoms with Gasteiger partial charge in [-0.1, -0.05) is 30.3 Å². The van der Waals surface area contributed by atoms with Crippen molar-refractivity contribution in [1.82, 2.24) is 9.97 Å². The fourth-order valence-electron chi connectivity index (χ4n) is 2.66. The molecule has 4 rings (SSSR count). The van der Waals surface area contributed by atoms with Gasteiger partial charge in [-0.3, -0.25) is 0 Å². The standard InChI is InChI=1S/C16H15N3OS/c1-2-4-12(5-3-1)13-10-21-15-14(13)17-11-18-16(15)19-6-8-20-9-7-19/h1-5,10-11H,6-9H2. The van der Waals surface area contributed by atoms with Gasteiger partial charge in [0.2, 0.25) is 0 Å². The van der Waals surface area contributed by atoms with E-state index in [4.69, 9.17) is 4.74 Å². The number of fused-ring (bicyclic) bond motifs is 1. The third kappa shape index (κ3) is 2.28. The Hall–Kier alpha value is -1.98. The van der Waals surface area contributed by atoms with E-state index in [1.54, 1.807) is 17.7 Å². The van der Waals surface area contributed by atoms with Crippen LogP contribution in [0.5, 0.6) is 0 Å². The van der Waals surface area contributed by atoms with E-state index in [0.29, 0.717) is 0 Å². The van der Waals surface area contributed by atoms with Gasteiger partial charge in [-0.25, -0.2) is 9.97 Å². The molecule has 0 aliphatic carbocycles. The molecule has 0 atom stereocenters. The summed E-state index contributed by atoms with van der Waals surface area (Å²) in [5.41, 5.74) is 3.44. The van der Waals surface area contributed by atoms with Gasteiger partial charge in [0.25, 0.3) is 0 Å². The van der Waals surface area contributed by atoms with Gasteiger partial charge in [-0.15, -0.1) is 11.3 Å². The van der Waals surface area contributed by atoms with E-state index < -0.39 is 0 Å².